The maximum absolute atomic E-state index is 13.6. The normalized spacial score (nSPS) is 10.3. The van der Waals surface area contributed by atoms with Crippen LogP contribution in [0.25, 0.3) is 0 Å². The van der Waals surface area contributed by atoms with Gasteiger partial charge >= 0.3 is 0 Å². The summed E-state index contributed by atoms with van der Waals surface area (Å²) in [5.41, 5.74) is 0.234. The molecular formula is C14H21FN2O2. The van der Waals surface area contributed by atoms with Crippen LogP contribution in [0, 0.1) is 5.82 Å². The van der Waals surface area contributed by atoms with Crippen LogP contribution < -0.4 is 15.4 Å². The van der Waals surface area contributed by atoms with E-state index >= 15 is 0 Å². The third-order valence-corrected chi connectivity index (χ3v) is 2.51. The van der Waals surface area contributed by atoms with Crippen molar-refractivity contribution in [2.75, 3.05) is 26.2 Å². The van der Waals surface area contributed by atoms with Crippen molar-refractivity contribution in [3.8, 4) is 5.75 Å². The molecule has 0 aromatic heterocycles. The Bertz CT molecular complexity index is 410. The molecule has 0 bridgehead atoms. The second-order valence-electron chi connectivity index (χ2n) is 4.06. The number of hydrogen-bond acceptors (Lipinski definition) is 3. The quantitative estimate of drug-likeness (QED) is 0.709. The molecule has 0 aliphatic heterocycles. The van der Waals surface area contributed by atoms with Gasteiger partial charge in [0.1, 0.15) is 0 Å². The van der Waals surface area contributed by atoms with Crippen LogP contribution in [0.5, 0.6) is 5.75 Å². The van der Waals surface area contributed by atoms with Gasteiger partial charge in [-0.25, -0.2) is 4.39 Å². The fourth-order valence-electron chi connectivity index (χ4n) is 1.64. The summed E-state index contributed by atoms with van der Waals surface area (Å²) in [4.78, 5) is 11.9. The molecule has 0 saturated heterocycles. The lowest BCUT2D eigenvalue weighted by atomic mass is 10.2. The summed E-state index contributed by atoms with van der Waals surface area (Å²) in [6.45, 7) is 6.26. The standard InChI is InChI=1S/C14H21FN2O2/c1-3-8-16-9-10-17-14(18)11-6-5-7-12(15)13(11)19-4-2/h5-7,16H,3-4,8-10H2,1-2H3,(H,17,18). The van der Waals surface area contributed by atoms with Gasteiger partial charge in [0, 0.05) is 13.1 Å². The van der Waals surface area contributed by atoms with Gasteiger partial charge in [-0.2, -0.15) is 0 Å². The number of benzene rings is 1. The first kappa shape index (κ1) is 15.4. The van der Waals surface area contributed by atoms with Gasteiger partial charge in [-0.1, -0.05) is 13.0 Å². The highest BCUT2D eigenvalue weighted by Crippen LogP contribution is 2.22. The van der Waals surface area contributed by atoms with Crippen molar-refractivity contribution in [1.29, 1.82) is 0 Å². The van der Waals surface area contributed by atoms with E-state index in [1.807, 2.05) is 0 Å². The minimum Gasteiger partial charge on any atom is -0.490 e. The number of hydrogen-bond donors (Lipinski definition) is 2. The van der Waals surface area contributed by atoms with Crippen molar-refractivity contribution in [2.45, 2.75) is 20.3 Å². The Hall–Kier alpha value is -1.62. The van der Waals surface area contributed by atoms with Crippen molar-refractivity contribution < 1.29 is 13.9 Å². The largest absolute Gasteiger partial charge is 0.490 e. The molecule has 5 heteroatoms. The molecule has 0 radical (unpaired) electrons. The molecule has 19 heavy (non-hydrogen) atoms. The summed E-state index contributed by atoms with van der Waals surface area (Å²) < 4.78 is 18.8. The summed E-state index contributed by atoms with van der Waals surface area (Å²) in [6.07, 6.45) is 1.05. The molecule has 0 heterocycles. The Kier molecular flexibility index (Phi) is 6.89. The second kappa shape index (κ2) is 8.48. The molecule has 2 N–H and O–H groups in total. The van der Waals surface area contributed by atoms with Crippen molar-refractivity contribution in [3.63, 3.8) is 0 Å². The van der Waals surface area contributed by atoms with E-state index in [9.17, 15) is 9.18 Å². The Morgan fingerprint density at radius 2 is 2.05 bits per heavy atom. The minimum atomic E-state index is -0.515. The molecule has 0 saturated carbocycles. The average Bonchev–Trinajstić information content (AvgIpc) is 2.41. The highest BCUT2D eigenvalue weighted by atomic mass is 19.1. The molecule has 0 aliphatic rings. The maximum Gasteiger partial charge on any atom is 0.255 e. The molecule has 1 rings (SSSR count). The molecule has 0 aliphatic carbocycles. The number of carbonyl (C=O) groups excluding carboxylic acids is 1. The first-order valence-electron chi connectivity index (χ1n) is 6.60. The van der Waals surface area contributed by atoms with E-state index in [1.54, 1.807) is 13.0 Å². The monoisotopic (exact) mass is 268 g/mol. The lowest BCUT2D eigenvalue weighted by Gasteiger charge is -2.11. The van der Waals surface area contributed by atoms with Gasteiger partial charge in [0.15, 0.2) is 11.6 Å². The van der Waals surface area contributed by atoms with Crippen molar-refractivity contribution in [1.82, 2.24) is 10.6 Å². The van der Waals surface area contributed by atoms with E-state index in [-0.39, 0.29) is 17.2 Å². The highest BCUT2D eigenvalue weighted by molar-refractivity contribution is 5.96. The molecule has 1 amide bonds. The van der Waals surface area contributed by atoms with E-state index in [4.69, 9.17) is 4.74 Å². The van der Waals surface area contributed by atoms with Crippen LogP contribution in [0.4, 0.5) is 4.39 Å². The first-order chi connectivity index (χ1) is 9.20. The summed E-state index contributed by atoms with van der Waals surface area (Å²) in [5.74, 6) is -0.816. The summed E-state index contributed by atoms with van der Waals surface area (Å²) in [5, 5.41) is 5.91. The van der Waals surface area contributed by atoms with Crippen LogP contribution in [0.15, 0.2) is 18.2 Å². The predicted octanol–water partition coefficient (Wildman–Crippen LogP) is 1.95. The first-order valence-corrected chi connectivity index (χ1v) is 6.60. The van der Waals surface area contributed by atoms with Gasteiger partial charge in [-0.15, -0.1) is 0 Å². The molecule has 1 aromatic carbocycles. The zero-order valence-corrected chi connectivity index (χ0v) is 11.5. The smallest absolute Gasteiger partial charge is 0.255 e. The zero-order valence-electron chi connectivity index (χ0n) is 11.5. The summed E-state index contributed by atoms with van der Waals surface area (Å²) in [7, 11) is 0. The van der Waals surface area contributed by atoms with Gasteiger partial charge in [-0.05, 0) is 32.0 Å². The topological polar surface area (TPSA) is 50.4 Å². The summed E-state index contributed by atoms with van der Waals surface area (Å²) >= 11 is 0. The van der Waals surface area contributed by atoms with Gasteiger partial charge in [0.2, 0.25) is 0 Å². The summed E-state index contributed by atoms with van der Waals surface area (Å²) in [6, 6.07) is 4.34. The van der Waals surface area contributed by atoms with Crippen LogP contribution in [0.3, 0.4) is 0 Å². The van der Waals surface area contributed by atoms with Gasteiger partial charge in [0.25, 0.3) is 5.91 Å². The Morgan fingerprint density at radius 1 is 1.26 bits per heavy atom. The van der Waals surface area contributed by atoms with Crippen LogP contribution >= 0.6 is 0 Å². The number of carbonyl (C=O) groups is 1. The fourth-order valence-corrected chi connectivity index (χ4v) is 1.64. The minimum absolute atomic E-state index is 0.0176. The molecule has 1 aromatic rings. The third kappa shape index (κ3) is 4.87. The van der Waals surface area contributed by atoms with Gasteiger partial charge in [-0.3, -0.25) is 4.79 Å². The lowest BCUT2D eigenvalue weighted by Crippen LogP contribution is -2.32. The number of para-hydroxylation sites is 1. The number of nitrogens with one attached hydrogen (secondary N) is 2. The van der Waals surface area contributed by atoms with Crippen molar-refractivity contribution in [2.24, 2.45) is 0 Å². The molecule has 0 unspecified atom stereocenters. The lowest BCUT2D eigenvalue weighted by molar-refractivity contribution is 0.0949. The van der Waals surface area contributed by atoms with Crippen molar-refractivity contribution in [3.05, 3.63) is 29.6 Å². The fraction of sp³-hybridized carbons (Fsp3) is 0.500. The van der Waals surface area contributed by atoms with Crippen LogP contribution in [-0.4, -0.2) is 32.1 Å². The van der Waals surface area contributed by atoms with Gasteiger partial charge < -0.3 is 15.4 Å². The Labute approximate surface area is 113 Å². The zero-order chi connectivity index (χ0) is 14.1. The molecule has 0 atom stereocenters. The Morgan fingerprint density at radius 3 is 2.74 bits per heavy atom. The van der Waals surface area contributed by atoms with E-state index in [0.29, 0.717) is 19.7 Å². The average molecular weight is 268 g/mol. The molecule has 4 nitrogen and oxygen atoms in total. The third-order valence-electron chi connectivity index (χ3n) is 2.51. The van der Waals surface area contributed by atoms with E-state index in [2.05, 4.69) is 17.6 Å². The van der Waals surface area contributed by atoms with Crippen molar-refractivity contribution >= 4 is 5.91 Å². The number of amides is 1. The molecule has 106 valence electrons. The maximum atomic E-state index is 13.6. The SMILES string of the molecule is CCCNCCNC(=O)c1cccc(F)c1OCC. The number of ether oxygens (including phenoxy) is 1. The highest BCUT2D eigenvalue weighted by Gasteiger charge is 2.15. The van der Waals surface area contributed by atoms with E-state index in [1.165, 1.54) is 12.1 Å². The molecule has 0 fully saturated rings. The predicted molar refractivity (Wildman–Crippen MR) is 73.1 cm³/mol. The van der Waals surface area contributed by atoms with Crippen LogP contribution in [0.1, 0.15) is 30.6 Å². The van der Waals surface area contributed by atoms with E-state index in [0.717, 1.165) is 13.0 Å². The number of rotatable bonds is 8. The molecular weight excluding hydrogens is 247 g/mol. The molecule has 0 spiro atoms. The van der Waals surface area contributed by atoms with E-state index < -0.39 is 5.82 Å². The Balaban J connectivity index is 2.58. The second-order valence-corrected chi connectivity index (χ2v) is 4.06. The van der Waals surface area contributed by atoms with Crippen LogP contribution in [-0.2, 0) is 0 Å². The van der Waals surface area contributed by atoms with Gasteiger partial charge in [0.05, 0.1) is 12.2 Å². The van der Waals surface area contributed by atoms with Crippen LogP contribution in [0.2, 0.25) is 0 Å². The number of halogens is 1.